The highest BCUT2D eigenvalue weighted by atomic mass is 16.5. The molecule has 0 aliphatic carbocycles. The van der Waals surface area contributed by atoms with E-state index in [4.69, 9.17) is 9.47 Å². The number of nitrogens with one attached hydrogen (secondary N) is 2. The molecule has 8 nitrogen and oxygen atoms in total. The van der Waals surface area contributed by atoms with Crippen molar-refractivity contribution in [2.75, 3.05) is 43.9 Å². The first-order chi connectivity index (χ1) is 30.5. The van der Waals surface area contributed by atoms with E-state index in [0.717, 1.165) is 69.5 Å². The van der Waals surface area contributed by atoms with Crippen LogP contribution in [0.5, 0.6) is 0 Å². The Bertz CT molecular complexity index is 1060. The van der Waals surface area contributed by atoms with Crippen LogP contribution in [0.2, 0.25) is 0 Å². The molecule has 0 saturated heterocycles. The summed E-state index contributed by atoms with van der Waals surface area (Å²) < 4.78 is 11.0. The third-order valence-corrected chi connectivity index (χ3v) is 12.3. The molecule has 0 fully saturated rings. The maximum atomic E-state index is 12.4. The summed E-state index contributed by atoms with van der Waals surface area (Å²) in [6, 6.07) is 4.07. The van der Waals surface area contributed by atoms with E-state index in [1.54, 1.807) is 0 Å². The third-order valence-electron chi connectivity index (χ3n) is 12.3. The maximum Gasteiger partial charge on any atom is 0.306 e. The van der Waals surface area contributed by atoms with Crippen LogP contribution in [0, 0.1) is 0 Å². The first kappa shape index (κ1) is 59.6. The fourth-order valence-electron chi connectivity index (χ4n) is 8.27. The SMILES string of the molecule is CCCCCCCCC(CC)OC(=O)CCCCCCCN(CCCCCCCC)CCCNc1cccnc1NC.CCCCCCCCC(CCCCCCCC)OC=O. The zero-order valence-corrected chi connectivity index (χ0v) is 42.1. The second kappa shape index (κ2) is 48.1. The molecule has 0 aliphatic heterocycles. The van der Waals surface area contributed by atoms with Gasteiger partial charge in [0.25, 0.3) is 6.47 Å². The van der Waals surface area contributed by atoms with Crippen molar-refractivity contribution in [2.24, 2.45) is 0 Å². The van der Waals surface area contributed by atoms with Crippen molar-refractivity contribution in [1.82, 2.24) is 9.88 Å². The van der Waals surface area contributed by atoms with E-state index in [9.17, 15) is 9.59 Å². The maximum absolute atomic E-state index is 12.4. The molecule has 0 saturated carbocycles. The Morgan fingerprint density at radius 1 is 0.597 bits per heavy atom. The topological polar surface area (TPSA) is 92.8 Å². The lowest BCUT2D eigenvalue weighted by molar-refractivity contribution is -0.149. The van der Waals surface area contributed by atoms with Crippen molar-refractivity contribution in [2.45, 2.75) is 272 Å². The molecule has 0 aromatic carbocycles. The average Bonchev–Trinajstić information content (AvgIpc) is 3.28. The minimum absolute atomic E-state index is 0.0136. The Labute approximate surface area is 385 Å². The van der Waals surface area contributed by atoms with Gasteiger partial charge in [-0.3, -0.25) is 9.59 Å². The van der Waals surface area contributed by atoms with Gasteiger partial charge in [0.1, 0.15) is 18.0 Å². The molecular weight excluding hydrogens is 769 g/mol. The van der Waals surface area contributed by atoms with E-state index in [-0.39, 0.29) is 18.2 Å². The standard InChI is InChI=1S/C36H68N4O2.C18H36O2/c1-5-8-10-12-15-19-25-33(7-3)42-35(41)27-20-16-14-18-22-31-40(30-21-17-13-11-9-6-2)32-24-29-38-34-26-23-28-39-36(34)37-4;1-3-5-7-9-11-13-15-18(20-17-19)16-14-12-10-8-6-4-2/h23,26,28,33,38H,5-22,24-25,27,29-32H2,1-4H3,(H,37,39);17-18H,3-16H2,1-2H3. The van der Waals surface area contributed by atoms with Crippen molar-refractivity contribution in [1.29, 1.82) is 0 Å². The van der Waals surface area contributed by atoms with E-state index in [1.165, 1.54) is 186 Å². The van der Waals surface area contributed by atoms with E-state index in [2.05, 4.69) is 61.2 Å². The molecule has 0 aliphatic rings. The number of carbonyl (C=O) groups is 2. The molecule has 1 atom stereocenters. The van der Waals surface area contributed by atoms with Crippen molar-refractivity contribution in [3.63, 3.8) is 0 Å². The number of pyridine rings is 1. The molecule has 62 heavy (non-hydrogen) atoms. The number of hydrogen-bond acceptors (Lipinski definition) is 8. The minimum Gasteiger partial charge on any atom is -0.465 e. The molecule has 364 valence electrons. The first-order valence-corrected chi connectivity index (χ1v) is 26.9. The number of aromatic nitrogens is 1. The summed E-state index contributed by atoms with van der Waals surface area (Å²) in [6.07, 6.45) is 45.2. The zero-order valence-electron chi connectivity index (χ0n) is 42.1. The van der Waals surface area contributed by atoms with Crippen LogP contribution in [0.4, 0.5) is 11.5 Å². The van der Waals surface area contributed by atoms with Gasteiger partial charge in [0.05, 0.1) is 5.69 Å². The van der Waals surface area contributed by atoms with Gasteiger partial charge in [-0.2, -0.15) is 0 Å². The molecular formula is C54H104N4O4. The van der Waals surface area contributed by atoms with Gasteiger partial charge in [-0.05, 0) is 102 Å². The molecule has 1 aromatic heterocycles. The largest absolute Gasteiger partial charge is 0.465 e. The number of esters is 1. The Kier molecular flexibility index (Phi) is 46.3. The van der Waals surface area contributed by atoms with E-state index in [1.807, 2.05) is 19.3 Å². The fraction of sp³-hybridized carbons (Fsp3) is 0.870. The van der Waals surface area contributed by atoms with Gasteiger partial charge >= 0.3 is 5.97 Å². The number of hydrogen-bond donors (Lipinski definition) is 2. The fourth-order valence-corrected chi connectivity index (χ4v) is 8.27. The van der Waals surface area contributed by atoms with Crippen molar-refractivity contribution >= 4 is 23.9 Å². The third kappa shape index (κ3) is 39.3. The lowest BCUT2D eigenvalue weighted by atomic mass is 10.0. The van der Waals surface area contributed by atoms with Crippen molar-refractivity contribution in [3.8, 4) is 0 Å². The quantitative estimate of drug-likeness (QED) is 0.0380. The Morgan fingerprint density at radius 2 is 1.03 bits per heavy atom. The molecule has 0 spiro atoms. The first-order valence-electron chi connectivity index (χ1n) is 26.9. The highest BCUT2D eigenvalue weighted by Crippen LogP contribution is 2.19. The van der Waals surface area contributed by atoms with Gasteiger partial charge in [0, 0.05) is 26.2 Å². The zero-order chi connectivity index (χ0) is 45.4. The molecule has 1 aromatic rings. The van der Waals surface area contributed by atoms with Crippen LogP contribution in [0.15, 0.2) is 18.3 Å². The number of nitrogens with zero attached hydrogens (tertiary/aromatic N) is 2. The summed E-state index contributed by atoms with van der Waals surface area (Å²) in [5.74, 6) is 0.924. The normalized spacial score (nSPS) is 11.7. The van der Waals surface area contributed by atoms with Crippen LogP contribution < -0.4 is 10.6 Å². The van der Waals surface area contributed by atoms with Crippen LogP contribution in [0.3, 0.4) is 0 Å². The summed E-state index contributed by atoms with van der Waals surface area (Å²) in [6.45, 7) is 16.3. The summed E-state index contributed by atoms with van der Waals surface area (Å²) in [5.41, 5.74) is 1.08. The summed E-state index contributed by atoms with van der Waals surface area (Å²) in [4.78, 5) is 30.0. The number of unbranched alkanes of at least 4 members (excludes halogenated alkanes) is 24. The van der Waals surface area contributed by atoms with Crippen LogP contribution in [-0.4, -0.2) is 67.8 Å². The molecule has 0 radical (unpaired) electrons. The molecule has 0 bridgehead atoms. The molecule has 1 heterocycles. The number of ether oxygens (including phenoxy) is 2. The van der Waals surface area contributed by atoms with E-state index in [0.29, 0.717) is 12.9 Å². The van der Waals surface area contributed by atoms with Crippen molar-refractivity contribution in [3.05, 3.63) is 18.3 Å². The van der Waals surface area contributed by atoms with Gasteiger partial charge in [0.2, 0.25) is 0 Å². The van der Waals surface area contributed by atoms with Crippen molar-refractivity contribution < 1.29 is 19.1 Å². The van der Waals surface area contributed by atoms with Crippen LogP contribution in [-0.2, 0) is 19.1 Å². The lowest BCUT2D eigenvalue weighted by Crippen LogP contribution is -2.28. The average molecular weight is 873 g/mol. The van der Waals surface area contributed by atoms with Crippen LogP contribution in [0.25, 0.3) is 0 Å². The van der Waals surface area contributed by atoms with Gasteiger partial charge in [-0.25, -0.2) is 4.98 Å². The Morgan fingerprint density at radius 3 is 1.50 bits per heavy atom. The summed E-state index contributed by atoms with van der Waals surface area (Å²) in [7, 11) is 1.92. The molecule has 8 heteroatoms. The van der Waals surface area contributed by atoms with Gasteiger partial charge in [0.15, 0.2) is 0 Å². The predicted octanol–water partition coefficient (Wildman–Crippen LogP) is 16.0. The van der Waals surface area contributed by atoms with E-state index < -0.39 is 0 Å². The predicted molar refractivity (Wildman–Crippen MR) is 269 cm³/mol. The highest BCUT2D eigenvalue weighted by Gasteiger charge is 2.13. The van der Waals surface area contributed by atoms with Crippen LogP contribution in [0.1, 0.15) is 259 Å². The number of anilines is 2. The molecule has 1 unspecified atom stereocenters. The smallest absolute Gasteiger partial charge is 0.306 e. The van der Waals surface area contributed by atoms with Crippen LogP contribution >= 0.6 is 0 Å². The molecule has 0 amide bonds. The molecule has 1 rings (SSSR count). The van der Waals surface area contributed by atoms with Gasteiger partial charge < -0.3 is 25.0 Å². The minimum atomic E-state index is 0.0136. The lowest BCUT2D eigenvalue weighted by Gasteiger charge is -2.23. The second-order valence-electron chi connectivity index (χ2n) is 18.1. The highest BCUT2D eigenvalue weighted by molar-refractivity contribution is 5.69. The van der Waals surface area contributed by atoms with Gasteiger partial charge in [-0.15, -0.1) is 0 Å². The number of rotatable bonds is 46. The monoisotopic (exact) mass is 873 g/mol. The number of carbonyl (C=O) groups excluding carboxylic acids is 2. The molecule has 2 N–H and O–H groups in total. The van der Waals surface area contributed by atoms with E-state index >= 15 is 0 Å². The Hall–Kier alpha value is -2.35. The summed E-state index contributed by atoms with van der Waals surface area (Å²) >= 11 is 0. The summed E-state index contributed by atoms with van der Waals surface area (Å²) in [5, 5.41) is 6.72. The Balaban J connectivity index is 0.00000156. The second-order valence-corrected chi connectivity index (χ2v) is 18.1. The van der Waals surface area contributed by atoms with Gasteiger partial charge in [-0.1, -0.05) is 182 Å².